The molecule has 2 aromatic rings. The Morgan fingerprint density at radius 2 is 1.79 bits per heavy atom. The van der Waals surface area contributed by atoms with Crippen molar-refractivity contribution in [3.05, 3.63) is 59.1 Å². The highest BCUT2D eigenvalue weighted by Gasteiger charge is 2.35. The Morgan fingerprint density at radius 1 is 1.00 bits per heavy atom. The summed E-state index contributed by atoms with van der Waals surface area (Å²) in [6, 6.07) is 15.9. The molecule has 1 amide bonds. The lowest BCUT2D eigenvalue weighted by atomic mass is 9.91. The number of rotatable bonds is 11. The number of piperidine rings is 1. The van der Waals surface area contributed by atoms with Crippen LogP contribution in [0, 0.1) is 0 Å². The number of benzene rings is 2. The maximum Gasteiger partial charge on any atom is 0.222 e. The van der Waals surface area contributed by atoms with Crippen molar-refractivity contribution in [2.75, 3.05) is 46.5 Å². The lowest BCUT2D eigenvalue weighted by Gasteiger charge is -2.40. The highest BCUT2D eigenvalue weighted by atomic mass is 35.5. The molecule has 0 aliphatic carbocycles. The minimum atomic E-state index is -0.268. The molecule has 6 nitrogen and oxygen atoms in total. The zero-order valence-electron chi connectivity index (χ0n) is 20.0. The lowest BCUT2D eigenvalue weighted by Crippen LogP contribution is -2.48. The van der Waals surface area contributed by atoms with Crippen LogP contribution in [0.4, 0.5) is 0 Å². The molecular weight excluding hydrogens is 452 g/mol. The molecule has 0 bridgehead atoms. The minimum Gasteiger partial charge on any atom is -0.494 e. The van der Waals surface area contributed by atoms with Gasteiger partial charge in [0.1, 0.15) is 23.7 Å². The van der Waals surface area contributed by atoms with Crippen LogP contribution in [-0.4, -0.2) is 67.8 Å². The zero-order valence-corrected chi connectivity index (χ0v) is 20.8. The second kappa shape index (κ2) is 11.9. The maximum absolute atomic E-state index is 11.7. The first-order valence-electron chi connectivity index (χ1n) is 12.2. The van der Waals surface area contributed by atoms with Gasteiger partial charge in [-0.3, -0.25) is 9.69 Å². The Labute approximate surface area is 207 Å². The van der Waals surface area contributed by atoms with Crippen LogP contribution >= 0.6 is 11.6 Å². The highest BCUT2D eigenvalue weighted by molar-refractivity contribution is 6.30. The van der Waals surface area contributed by atoms with Crippen LogP contribution in [0.15, 0.2) is 48.5 Å². The van der Waals surface area contributed by atoms with Crippen LogP contribution in [0.2, 0.25) is 5.02 Å². The van der Waals surface area contributed by atoms with E-state index in [2.05, 4.69) is 17.0 Å². The number of nitrogens with zero attached hydrogens (tertiary/aromatic N) is 2. The molecule has 0 radical (unpaired) electrons. The fourth-order valence-corrected chi connectivity index (χ4v) is 4.81. The summed E-state index contributed by atoms with van der Waals surface area (Å²) in [6.07, 6.45) is 4.39. The van der Waals surface area contributed by atoms with Gasteiger partial charge >= 0.3 is 0 Å². The molecule has 2 saturated heterocycles. The summed E-state index contributed by atoms with van der Waals surface area (Å²) in [5, 5.41) is 0.675. The van der Waals surface area contributed by atoms with Gasteiger partial charge in [-0.2, -0.15) is 0 Å². The second-order valence-corrected chi connectivity index (χ2v) is 9.68. The minimum absolute atomic E-state index is 0.268. The molecule has 7 heteroatoms. The van der Waals surface area contributed by atoms with Crippen LogP contribution in [0.3, 0.4) is 0 Å². The van der Waals surface area contributed by atoms with Crippen molar-refractivity contribution in [2.45, 2.75) is 44.2 Å². The quantitative estimate of drug-likeness (QED) is 0.427. The Morgan fingerprint density at radius 3 is 2.47 bits per heavy atom. The molecule has 0 aromatic heterocycles. The van der Waals surface area contributed by atoms with Gasteiger partial charge in [0.25, 0.3) is 0 Å². The third-order valence-electron chi connectivity index (χ3n) is 6.84. The Bertz CT molecular complexity index is 928. The van der Waals surface area contributed by atoms with Gasteiger partial charge in [0.05, 0.1) is 6.61 Å². The fraction of sp³-hybridized carbons (Fsp3) is 0.519. The van der Waals surface area contributed by atoms with Gasteiger partial charge in [-0.15, -0.1) is 0 Å². The molecule has 2 aliphatic heterocycles. The van der Waals surface area contributed by atoms with Gasteiger partial charge in [0.15, 0.2) is 0 Å². The van der Waals surface area contributed by atoms with Gasteiger partial charge in [0.2, 0.25) is 5.91 Å². The summed E-state index contributed by atoms with van der Waals surface area (Å²) in [7, 11) is 1.78. The molecule has 0 saturated carbocycles. The molecule has 0 atom stereocenters. The molecule has 184 valence electrons. The van der Waals surface area contributed by atoms with E-state index in [0.717, 1.165) is 69.9 Å². The van der Waals surface area contributed by atoms with E-state index in [1.165, 1.54) is 5.56 Å². The van der Waals surface area contributed by atoms with Gasteiger partial charge in [-0.1, -0.05) is 29.8 Å². The van der Waals surface area contributed by atoms with E-state index in [9.17, 15) is 4.79 Å². The number of methoxy groups -OCH3 is 1. The third kappa shape index (κ3) is 6.87. The number of halogens is 1. The predicted octanol–water partition coefficient (Wildman–Crippen LogP) is 4.79. The van der Waals surface area contributed by atoms with Crippen molar-refractivity contribution in [3.8, 4) is 11.5 Å². The van der Waals surface area contributed by atoms with Crippen LogP contribution in [0.25, 0.3) is 0 Å². The molecule has 34 heavy (non-hydrogen) atoms. The van der Waals surface area contributed by atoms with E-state index in [-0.39, 0.29) is 11.5 Å². The zero-order chi connectivity index (χ0) is 23.8. The van der Waals surface area contributed by atoms with Crippen molar-refractivity contribution in [1.82, 2.24) is 9.80 Å². The average molecular weight is 487 g/mol. The number of amides is 1. The molecule has 2 fully saturated rings. The first-order chi connectivity index (χ1) is 16.5. The van der Waals surface area contributed by atoms with Crippen LogP contribution in [-0.2, 0) is 16.1 Å². The number of hydrogen-bond acceptors (Lipinski definition) is 5. The smallest absolute Gasteiger partial charge is 0.222 e. The van der Waals surface area contributed by atoms with Crippen LogP contribution < -0.4 is 9.47 Å². The van der Waals surface area contributed by atoms with Crippen molar-refractivity contribution in [3.63, 3.8) is 0 Å². The monoisotopic (exact) mass is 486 g/mol. The average Bonchev–Trinajstić information content (AvgIpc) is 3.27. The summed E-state index contributed by atoms with van der Waals surface area (Å²) in [5.74, 6) is 1.93. The van der Waals surface area contributed by atoms with Crippen molar-refractivity contribution < 1.29 is 19.0 Å². The summed E-state index contributed by atoms with van der Waals surface area (Å²) >= 11 is 6.06. The Balaban J connectivity index is 1.17. The van der Waals surface area contributed by atoms with Crippen molar-refractivity contribution >= 4 is 17.5 Å². The number of carbonyl (C=O) groups is 1. The van der Waals surface area contributed by atoms with Gasteiger partial charge in [0, 0.05) is 51.3 Å². The summed E-state index contributed by atoms with van der Waals surface area (Å²) in [4.78, 5) is 16.1. The molecule has 2 aromatic carbocycles. The first kappa shape index (κ1) is 24.8. The molecular formula is C27H35ClN2O4. The second-order valence-electron chi connectivity index (χ2n) is 9.24. The van der Waals surface area contributed by atoms with E-state index in [4.69, 9.17) is 25.8 Å². The molecule has 4 rings (SSSR count). The molecule has 0 unspecified atom stereocenters. The predicted molar refractivity (Wildman–Crippen MR) is 134 cm³/mol. The summed E-state index contributed by atoms with van der Waals surface area (Å²) in [5.41, 5.74) is 1.01. The molecule has 0 N–H and O–H groups in total. The van der Waals surface area contributed by atoms with E-state index in [0.29, 0.717) is 24.7 Å². The number of ether oxygens (including phenoxy) is 3. The fourth-order valence-electron chi connectivity index (χ4n) is 4.63. The van der Waals surface area contributed by atoms with Crippen molar-refractivity contribution in [2.24, 2.45) is 0 Å². The molecule has 2 aliphatic rings. The van der Waals surface area contributed by atoms with E-state index in [1.807, 2.05) is 41.3 Å². The van der Waals surface area contributed by atoms with Crippen LogP contribution in [0.1, 0.15) is 37.7 Å². The SMILES string of the molecule is COC1(COc2cccc(Cl)c2)CCN(Cc2ccc(OCCCN3CCCC3=O)cc2)CC1. The Kier molecular flexibility index (Phi) is 8.70. The van der Waals surface area contributed by atoms with Gasteiger partial charge in [-0.25, -0.2) is 0 Å². The maximum atomic E-state index is 11.7. The molecule has 0 spiro atoms. The third-order valence-corrected chi connectivity index (χ3v) is 7.08. The number of carbonyl (C=O) groups excluding carboxylic acids is 1. The summed E-state index contributed by atoms with van der Waals surface area (Å²) < 4.78 is 17.8. The van der Waals surface area contributed by atoms with Gasteiger partial charge in [-0.05, 0) is 61.6 Å². The largest absolute Gasteiger partial charge is 0.494 e. The van der Waals surface area contributed by atoms with E-state index < -0.39 is 0 Å². The normalized spacial score (nSPS) is 18.3. The number of likely N-dealkylation sites (tertiary alicyclic amines) is 2. The van der Waals surface area contributed by atoms with Gasteiger partial charge < -0.3 is 19.1 Å². The van der Waals surface area contributed by atoms with Crippen molar-refractivity contribution in [1.29, 1.82) is 0 Å². The number of hydrogen-bond donors (Lipinski definition) is 0. The topological polar surface area (TPSA) is 51.2 Å². The summed E-state index contributed by atoms with van der Waals surface area (Å²) in [6.45, 7) is 5.66. The lowest BCUT2D eigenvalue weighted by molar-refractivity contribution is -0.127. The molecule has 2 heterocycles. The van der Waals surface area contributed by atoms with Crippen LogP contribution in [0.5, 0.6) is 11.5 Å². The standard InChI is InChI=1S/C27H35ClN2O4/c1-32-27(21-34-25-6-2-5-23(28)19-25)12-16-29(17-13-27)20-22-8-10-24(11-9-22)33-18-4-15-30-14-3-7-26(30)31/h2,5-6,8-11,19H,3-4,7,12-18,20-21H2,1H3. The highest BCUT2D eigenvalue weighted by Crippen LogP contribution is 2.29. The van der Waals surface area contributed by atoms with E-state index in [1.54, 1.807) is 7.11 Å². The van der Waals surface area contributed by atoms with E-state index >= 15 is 0 Å². The Hall–Kier alpha value is -2.28. The first-order valence-corrected chi connectivity index (χ1v) is 12.6.